The molecule has 2 atom stereocenters. The van der Waals surface area contributed by atoms with Gasteiger partial charge in [0.2, 0.25) is 0 Å². The van der Waals surface area contributed by atoms with Crippen LogP contribution in [0.1, 0.15) is 52.5 Å². The zero-order valence-corrected chi connectivity index (χ0v) is 17.6. The maximum atomic E-state index is 14.8. The van der Waals surface area contributed by atoms with Gasteiger partial charge in [-0.05, 0) is 46.5 Å². The van der Waals surface area contributed by atoms with E-state index in [0.717, 1.165) is 31.5 Å². The Morgan fingerprint density at radius 1 is 1.17 bits per heavy atom. The highest BCUT2D eigenvalue weighted by atomic mass is 35.5. The van der Waals surface area contributed by atoms with Gasteiger partial charge in [-0.1, -0.05) is 11.6 Å². The first-order chi connectivity index (χ1) is 13.7. The van der Waals surface area contributed by atoms with Crippen molar-refractivity contribution in [1.29, 1.82) is 0 Å². The van der Waals surface area contributed by atoms with Crippen LogP contribution in [0, 0.1) is 5.82 Å². The van der Waals surface area contributed by atoms with Gasteiger partial charge >= 0.3 is 6.09 Å². The first-order valence-electron chi connectivity index (χ1n) is 10.2. The van der Waals surface area contributed by atoms with E-state index in [1.165, 1.54) is 0 Å². The van der Waals surface area contributed by atoms with E-state index >= 15 is 0 Å². The van der Waals surface area contributed by atoms with Crippen LogP contribution in [0.15, 0.2) is 6.20 Å². The third-order valence-corrected chi connectivity index (χ3v) is 6.21. The summed E-state index contributed by atoms with van der Waals surface area (Å²) in [6.45, 7) is 6.88. The van der Waals surface area contributed by atoms with E-state index in [1.807, 2.05) is 25.7 Å². The molecule has 0 spiro atoms. The van der Waals surface area contributed by atoms with E-state index in [0.29, 0.717) is 24.0 Å². The number of amides is 1. The molecule has 0 unspecified atom stereocenters. The fourth-order valence-electron chi connectivity index (χ4n) is 4.48. The van der Waals surface area contributed by atoms with Gasteiger partial charge in [0.05, 0.1) is 17.5 Å². The minimum absolute atomic E-state index is 0.0566. The predicted octanol–water partition coefficient (Wildman–Crippen LogP) is 4.15. The van der Waals surface area contributed by atoms with Gasteiger partial charge in [-0.15, -0.1) is 0 Å². The maximum absolute atomic E-state index is 14.8. The predicted molar refractivity (Wildman–Crippen MR) is 108 cm³/mol. The van der Waals surface area contributed by atoms with E-state index in [2.05, 4.69) is 9.88 Å². The van der Waals surface area contributed by atoms with Gasteiger partial charge in [0.1, 0.15) is 11.1 Å². The molecule has 1 amide bonds. The number of fused-ring (bicyclic) bond motifs is 4. The molecule has 2 bridgehead atoms. The second-order valence-corrected chi connectivity index (χ2v) is 9.65. The number of carbonyl (C=O) groups is 1. The molecule has 4 fully saturated rings. The number of halogens is 2. The first-order valence-corrected chi connectivity index (χ1v) is 10.6. The summed E-state index contributed by atoms with van der Waals surface area (Å²) in [7, 11) is 0. The van der Waals surface area contributed by atoms with Crippen molar-refractivity contribution >= 4 is 34.4 Å². The van der Waals surface area contributed by atoms with Crippen LogP contribution >= 0.6 is 11.6 Å². The lowest BCUT2D eigenvalue weighted by molar-refractivity contribution is 0.000807. The zero-order chi connectivity index (χ0) is 20.5. The molecule has 29 heavy (non-hydrogen) atoms. The Bertz CT molecular complexity index is 983. The van der Waals surface area contributed by atoms with Crippen molar-refractivity contribution in [3.63, 3.8) is 0 Å². The normalized spacial score (nSPS) is 24.4. The number of pyridine rings is 1. The van der Waals surface area contributed by atoms with Gasteiger partial charge in [-0.25, -0.2) is 14.2 Å². The monoisotopic (exact) mass is 421 g/mol. The van der Waals surface area contributed by atoms with E-state index in [-0.39, 0.29) is 29.4 Å². The number of nitrogens with zero attached hydrogens (tertiary/aromatic N) is 5. The van der Waals surface area contributed by atoms with E-state index in [1.54, 1.807) is 10.9 Å². The fraction of sp³-hybridized carbons (Fsp3) is 0.650. The van der Waals surface area contributed by atoms with E-state index in [9.17, 15) is 9.18 Å². The summed E-state index contributed by atoms with van der Waals surface area (Å²) in [5.74, 6) is 0.237. The molecule has 0 N–H and O–H groups in total. The average Bonchev–Trinajstić information content (AvgIpc) is 3.44. The second-order valence-electron chi connectivity index (χ2n) is 9.29. The number of aromatic nitrogens is 3. The van der Waals surface area contributed by atoms with Gasteiger partial charge < -0.3 is 14.5 Å². The second kappa shape index (κ2) is 6.45. The Morgan fingerprint density at radius 2 is 1.86 bits per heavy atom. The highest BCUT2D eigenvalue weighted by Crippen LogP contribution is 2.42. The number of carbonyl (C=O) groups excluding carboxylic acids is 1. The summed E-state index contributed by atoms with van der Waals surface area (Å²) in [6, 6.07) is 0.401. The lowest BCUT2D eigenvalue weighted by Crippen LogP contribution is -2.64. The molecule has 2 aromatic rings. The zero-order valence-electron chi connectivity index (χ0n) is 16.9. The minimum atomic E-state index is -0.519. The van der Waals surface area contributed by atoms with Crippen LogP contribution in [0.25, 0.3) is 10.9 Å². The average molecular weight is 422 g/mol. The molecule has 3 aliphatic heterocycles. The third-order valence-electron chi connectivity index (χ3n) is 5.95. The van der Waals surface area contributed by atoms with Crippen LogP contribution in [0.4, 0.5) is 15.0 Å². The summed E-state index contributed by atoms with van der Waals surface area (Å²) in [5.41, 5.74) is -0.0808. The van der Waals surface area contributed by atoms with Crippen LogP contribution in [0.3, 0.4) is 0 Å². The number of piperazine rings is 1. The first kappa shape index (κ1) is 18.9. The molecule has 0 aromatic carbocycles. The highest BCUT2D eigenvalue weighted by molar-refractivity contribution is 6.30. The number of hydrogen-bond acceptors (Lipinski definition) is 5. The standard InChI is InChI=1S/C20H25ClFN5O2/c1-20(2,3)29-19(28)26-10-12-6-7-13(26)9-25(12)18-14-8-23-17(21)15(22)16(14)27(24-18)11-4-5-11/h8,11-13H,4-7,9-10H2,1-3H3/t12-,13-/m0/s1. The number of ether oxygens (including phenoxy) is 1. The summed E-state index contributed by atoms with van der Waals surface area (Å²) < 4.78 is 22.2. The lowest BCUT2D eigenvalue weighted by atomic mass is 9.91. The van der Waals surface area contributed by atoms with Gasteiger partial charge in [-0.2, -0.15) is 5.10 Å². The molecular weight excluding hydrogens is 397 g/mol. The van der Waals surface area contributed by atoms with Crippen LogP contribution < -0.4 is 4.90 Å². The summed E-state index contributed by atoms with van der Waals surface area (Å²) in [5, 5.41) is 5.36. The molecule has 3 saturated heterocycles. The van der Waals surface area contributed by atoms with Crippen molar-refractivity contribution in [3.8, 4) is 0 Å². The molecule has 4 aliphatic rings. The summed E-state index contributed by atoms with van der Waals surface area (Å²) in [6.07, 6.45) is 5.24. The van der Waals surface area contributed by atoms with Crippen LogP contribution in [0.2, 0.25) is 5.15 Å². The molecule has 5 heterocycles. The Labute approximate surface area is 173 Å². The van der Waals surface area contributed by atoms with E-state index in [4.69, 9.17) is 21.4 Å². The molecule has 1 saturated carbocycles. The number of rotatable bonds is 2. The van der Waals surface area contributed by atoms with Crippen molar-refractivity contribution in [1.82, 2.24) is 19.7 Å². The topological polar surface area (TPSA) is 63.5 Å². The smallest absolute Gasteiger partial charge is 0.410 e. The van der Waals surface area contributed by atoms with Crippen LogP contribution in [-0.4, -0.2) is 56.5 Å². The van der Waals surface area contributed by atoms with Crippen molar-refractivity contribution in [2.24, 2.45) is 0 Å². The van der Waals surface area contributed by atoms with Crippen LogP contribution in [-0.2, 0) is 4.74 Å². The van der Waals surface area contributed by atoms with Crippen molar-refractivity contribution in [3.05, 3.63) is 17.2 Å². The maximum Gasteiger partial charge on any atom is 0.410 e. The largest absolute Gasteiger partial charge is 0.444 e. The Morgan fingerprint density at radius 3 is 2.48 bits per heavy atom. The minimum Gasteiger partial charge on any atom is -0.444 e. The summed E-state index contributed by atoms with van der Waals surface area (Å²) in [4.78, 5) is 20.7. The number of anilines is 1. The van der Waals surface area contributed by atoms with Gasteiger partial charge in [0.25, 0.3) is 0 Å². The Kier molecular flexibility index (Phi) is 4.21. The fourth-order valence-corrected chi connectivity index (χ4v) is 4.61. The van der Waals surface area contributed by atoms with Crippen molar-refractivity contribution < 1.29 is 13.9 Å². The van der Waals surface area contributed by atoms with Crippen molar-refractivity contribution in [2.45, 2.75) is 70.2 Å². The molecule has 9 heteroatoms. The van der Waals surface area contributed by atoms with Gasteiger partial charge in [0.15, 0.2) is 16.8 Å². The Hall–Kier alpha value is -2.09. The number of piperidine rings is 2. The molecule has 1 aliphatic carbocycles. The molecule has 156 valence electrons. The molecule has 7 nitrogen and oxygen atoms in total. The SMILES string of the molecule is CC(C)(C)OC(=O)N1C[C@@H]2CC[C@H]1CN2c1nn(C2CC2)c2c(F)c(Cl)ncc12. The molecule has 6 rings (SSSR count). The van der Waals surface area contributed by atoms with Gasteiger partial charge in [0, 0.05) is 25.3 Å². The molecule has 0 radical (unpaired) electrons. The van der Waals surface area contributed by atoms with Gasteiger partial charge in [-0.3, -0.25) is 4.68 Å². The van der Waals surface area contributed by atoms with Crippen LogP contribution in [0.5, 0.6) is 0 Å². The number of hydrogen-bond donors (Lipinski definition) is 0. The Balaban J connectivity index is 1.47. The molecular formula is C20H25ClFN5O2. The lowest BCUT2D eigenvalue weighted by Gasteiger charge is -2.51. The van der Waals surface area contributed by atoms with E-state index < -0.39 is 11.4 Å². The van der Waals surface area contributed by atoms with Crippen molar-refractivity contribution in [2.75, 3.05) is 18.0 Å². The third kappa shape index (κ3) is 3.21. The highest BCUT2D eigenvalue weighted by Gasteiger charge is 2.44. The molecule has 2 aromatic heterocycles. The summed E-state index contributed by atoms with van der Waals surface area (Å²) >= 11 is 5.95. The quantitative estimate of drug-likeness (QED) is 0.682.